The van der Waals surface area contributed by atoms with Crippen LogP contribution in [0.1, 0.15) is 37.5 Å². The van der Waals surface area contributed by atoms with Gasteiger partial charge in [0.15, 0.2) is 23.0 Å². The zero-order valence-corrected chi connectivity index (χ0v) is 18.6. The Morgan fingerprint density at radius 3 is 1.67 bits per heavy atom. The average molecular weight is 420 g/mol. The van der Waals surface area contributed by atoms with Gasteiger partial charge in [0.25, 0.3) is 0 Å². The number of benzene rings is 2. The van der Waals surface area contributed by atoms with Gasteiger partial charge in [-0.2, -0.15) is 0 Å². The minimum absolute atomic E-state index is 0.0157. The Kier molecular flexibility index (Phi) is 7.54. The molecule has 0 atom stereocenters. The molecule has 2 aromatic rings. The van der Waals surface area contributed by atoms with Crippen LogP contribution in [0.3, 0.4) is 0 Å². The van der Waals surface area contributed by atoms with Crippen molar-refractivity contribution in [1.82, 2.24) is 0 Å². The molecule has 0 unspecified atom stereocenters. The van der Waals surface area contributed by atoms with Gasteiger partial charge in [-0.15, -0.1) is 0 Å². The highest BCUT2D eigenvalue weighted by molar-refractivity contribution is 5.74. The van der Waals surface area contributed by atoms with Crippen molar-refractivity contribution >= 4 is 5.97 Å². The number of esters is 1. The standard InChI is InChI=1S/C23H29FO6/c1-23(2,3)30-22(25)12-15-10-19(27-5)18(26-4)9-14(15)8-16-11-20(28-6)21(29-7)13-17(16)24/h9-11,13H,8,12H2,1-7H3. The number of rotatable bonds is 8. The SMILES string of the molecule is COc1cc(F)c(Cc2cc(OC)c(OC)cc2CC(=O)OC(C)(C)C)cc1OC. The van der Waals surface area contributed by atoms with Gasteiger partial charge in [0.05, 0.1) is 34.9 Å². The van der Waals surface area contributed by atoms with E-state index in [2.05, 4.69) is 0 Å². The molecular formula is C23H29FO6. The third-order valence-corrected chi connectivity index (χ3v) is 4.39. The van der Waals surface area contributed by atoms with Crippen molar-refractivity contribution in [2.45, 2.75) is 39.2 Å². The lowest BCUT2D eigenvalue weighted by Crippen LogP contribution is -2.25. The molecule has 0 radical (unpaired) electrons. The summed E-state index contributed by atoms with van der Waals surface area (Å²) in [6.07, 6.45) is 0.229. The number of hydrogen-bond donors (Lipinski definition) is 0. The van der Waals surface area contributed by atoms with Crippen LogP contribution in [0.4, 0.5) is 4.39 Å². The highest BCUT2D eigenvalue weighted by Crippen LogP contribution is 2.35. The van der Waals surface area contributed by atoms with Crippen LogP contribution in [0.2, 0.25) is 0 Å². The van der Waals surface area contributed by atoms with Crippen LogP contribution in [0.25, 0.3) is 0 Å². The topological polar surface area (TPSA) is 63.2 Å². The first-order chi connectivity index (χ1) is 14.1. The van der Waals surface area contributed by atoms with E-state index in [1.807, 2.05) is 0 Å². The summed E-state index contributed by atoms with van der Waals surface area (Å²) < 4.78 is 41.3. The summed E-state index contributed by atoms with van der Waals surface area (Å²) in [4.78, 5) is 12.4. The average Bonchev–Trinajstić information content (AvgIpc) is 2.68. The van der Waals surface area contributed by atoms with Gasteiger partial charge in [0, 0.05) is 12.5 Å². The maximum absolute atomic E-state index is 14.7. The zero-order chi connectivity index (χ0) is 22.5. The smallest absolute Gasteiger partial charge is 0.310 e. The Morgan fingerprint density at radius 1 is 0.767 bits per heavy atom. The first-order valence-electron chi connectivity index (χ1n) is 9.47. The number of hydrogen-bond acceptors (Lipinski definition) is 6. The summed E-state index contributed by atoms with van der Waals surface area (Å²) in [5.41, 5.74) is 1.16. The second-order valence-electron chi connectivity index (χ2n) is 7.71. The second-order valence-corrected chi connectivity index (χ2v) is 7.71. The van der Waals surface area contributed by atoms with Crippen molar-refractivity contribution < 1.29 is 32.9 Å². The number of halogens is 1. The molecule has 2 rings (SSSR count). The fraction of sp³-hybridized carbons (Fsp3) is 0.435. The Bertz CT molecular complexity index is 902. The third-order valence-electron chi connectivity index (χ3n) is 4.39. The van der Waals surface area contributed by atoms with Gasteiger partial charge in [0.1, 0.15) is 11.4 Å². The summed E-state index contributed by atoms with van der Waals surface area (Å²) in [6, 6.07) is 6.33. The van der Waals surface area contributed by atoms with Gasteiger partial charge in [0.2, 0.25) is 0 Å². The summed E-state index contributed by atoms with van der Waals surface area (Å²) >= 11 is 0. The molecule has 0 saturated heterocycles. The zero-order valence-electron chi connectivity index (χ0n) is 18.6. The van der Waals surface area contributed by atoms with E-state index in [9.17, 15) is 9.18 Å². The highest BCUT2D eigenvalue weighted by atomic mass is 19.1. The Labute approximate surface area is 176 Å². The highest BCUT2D eigenvalue weighted by Gasteiger charge is 2.21. The summed E-state index contributed by atoms with van der Waals surface area (Å²) in [7, 11) is 5.98. The summed E-state index contributed by atoms with van der Waals surface area (Å²) in [5, 5.41) is 0. The predicted molar refractivity (Wildman–Crippen MR) is 111 cm³/mol. The monoisotopic (exact) mass is 420 g/mol. The molecule has 0 saturated carbocycles. The summed E-state index contributed by atoms with van der Waals surface area (Å²) in [6.45, 7) is 5.41. The molecule has 2 aromatic carbocycles. The molecule has 0 amide bonds. The fourth-order valence-electron chi connectivity index (χ4n) is 3.06. The molecule has 0 heterocycles. The maximum atomic E-state index is 14.7. The predicted octanol–water partition coefficient (Wildman–Crippen LogP) is 4.34. The normalized spacial score (nSPS) is 11.1. The van der Waals surface area contributed by atoms with E-state index >= 15 is 0 Å². The van der Waals surface area contributed by atoms with Gasteiger partial charge >= 0.3 is 5.97 Å². The lowest BCUT2D eigenvalue weighted by molar-refractivity contribution is -0.153. The van der Waals surface area contributed by atoms with E-state index in [-0.39, 0.29) is 18.8 Å². The van der Waals surface area contributed by atoms with Crippen molar-refractivity contribution in [2.24, 2.45) is 0 Å². The van der Waals surface area contributed by atoms with E-state index in [4.69, 9.17) is 23.7 Å². The Morgan fingerprint density at radius 2 is 1.20 bits per heavy atom. The summed E-state index contributed by atoms with van der Waals surface area (Å²) in [5.74, 6) is 0.867. The van der Waals surface area contributed by atoms with E-state index in [0.29, 0.717) is 39.7 Å². The van der Waals surface area contributed by atoms with Crippen LogP contribution in [0, 0.1) is 5.82 Å². The quantitative estimate of drug-likeness (QED) is 0.592. The minimum atomic E-state index is -0.608. The lowest BCUT2D eigenvalue weighted by atomic mass is 9.96. The van der Waals surface area contributed by atoms with Crippen molar-refractivity contribution in [3.63, 3.8) is 0 Å². The van der Waals surface area contributed by atoms with Crippen LogP contribution in [-0.4, -0.2) is 40.0 Å². The van der Waals surface area contributed by atoms with Crippen LogP contribution in [-0.2, 0) is 22.4 Å². The second kappa shape index (κ2) is 9.69. The van der Waals surface area contributed by atoms with E-state index in [1.54, 1.807) is 39.0 Å². The first-order valence-corrected chi connectivity index (χ1v) is 9.47. The molecule has 0 fully saturated rings. The maximum Gasteiger partial charge on any atom is 0.310 e. The fourth-order valence-corrected chi connectivity index (χ4v) is 3.06. The van der Waals surface area contributed by atoms with Crippen LogP contribution >= 0.6 is 0 Å². The van der Waals surface area contributed by atoms with Gasteiger partial charge in [-0.1, -0.05) is 0 Å². The lowest BCUT2D eigenvalue weighted by Gasteiger charge is -2.21. The molecule has 164 valence electrons. The third kappa shape index (κ3) is 5.78. The molecule has 30 heavy (non-hydrogen) atoms. The molecule has 0 aliphatic rings. The van der Waals surface area contributed by atoms with Crippen molar-refractivity contribution in [1.29, 1.82) is 0 Å². The molecule has 0 aliphatic carbocycles. The molecule has 0 bridgehead atoms. The van der Waals surface area contributed by atoms with Gasteiger partial charge in [-0.3, -0.25) is 4.79 Å². The van der Waals surface area contributed by atoms with E-state index < -0.39 is 11.4 Å². The van der Waals surface area contributed by atoms with Crippen LogP contribution in [0.15, 0.2) is 24.3 Å². The first kappa shape index (κ1) is 23.3. The number of ether oxygens (including phenoxy) is 5. The number of methoxy groups -OCH3 is 4. The van der Waals surface area contributed by atoms with Gasteiger partial charge in [-0.25, -0.2) is 4.39 Å². The number of carbonyl (C=O) groups excluding carboxylic acids is 1. The molecule has 0 aromatic heterocycles. The van der Waals surface area contributed by atoms with Gasteiger partial charge < -0.3 is 23.7 Å². The number of carbonyl (C=O) groups is 1. The van der Waals surface area contributed by atoms with Crippen molar-refractivity contribution in [3.8, 4) is 23.0 Å². The Balaban J connectivity index is 2.48. The molecule has 0 N–H and O–H groups in total. The minimum Gasteiger partial charge on any atom is -0.493 e. The largest absolute Gasteiger partial charge is 0.493 e. The van der Waals surface area contributed by atoms with Crippen molar-refractivity contribution in [2.75, 3.05) is 28.4 Å². The van der Waals surface area contributed by atoms with Crippen molar-refractivity contribution in [3.05, 3.63) is 46.8 Å². The van der Waals surface area contributed by atoms with E-state index in [0.717, 1.165) is 0 Å². The molecular weight excluding hydrogens is 391 g/mol. The van der Waals surface area contributed by atoms with Crippen LogP contribution < -0.4 is 18.9 Å². The molecule has 0 spiro atoms. The molecule has 7 heteroatoms. The van der Waals surface area contributed by atoms with Gasteiger partial charge in [-0.05, 0) is 55.7 Å². The van der Waals surface area contributed by atoms with E-state index in [1.165, 1.54) is 34.5 Å². The Hall–Kier alpha value is -2.96. The molecule has 0 aliphatic heterocycles. The van der Waals surface area contributed by atoms with Crippen LogP contribution in [0.5, 0.6) is 23.0 Å². The molecule has 6 nitrogen and oxygen atoms in total.